The Kier molecular flexibility index (Phi) is 4.81. The first-order valence-electron chi connectivity index (χ1n) is 6.56. The van der Waals surface area contributed by atoms with E-state index in [0.717, 1.165) is 16.4 Å². The van der Waals surface area contributed by atoms with E-state index in [0.29, 0.717) is 4.90 Å². The third-order valence-corrected chi connectivity index (χ3v) is 5.62. The van der Waals surface area contributed by atoms with Gasteiger partial charge >= 0.3 is 0 Å². The Hall–Kier alpha value is -1.24. The number of hydrogen-bond acceptors (Lipinski definition) is 5. The van der Waals surface area contributed by atoms with Crippen LogP contribution in [0.3, 0.4) is 0 Å². The van der Waals surface area contributed by atoms with E-state index in [-0.39, 0.29) is 11.3 Å². The fraction of sp³-hybridized carbons (Fsp3) is 0.333. The van der Waals surface area contributed by atoms with Gasteiger partial charge in [0.2, 0.25) is 0 Å². The Balaban J connectivity index is 2.22. The Morgan fingerprint density at radius 2 is 1.76 bits per heavy atom. The SMILES string of the molecule is Cc1ccc(C(Sc2ccc(S(C)(=O)=O)cc2)C(C)N)o1. The van der Waals surface area contributed by atoms with E-state index in [1.165, 1.54) is 6.26 Å². The van der Waals surface area contributed by atoms with Gasteiger partial charge in [-0.3, -0.25) is 0 Å². The second kappa shape index (κ2) is 6.25. The first-order chi connectivity index (χ1) is 9.77. The van der Waals surface area contributed by atoms with Crippen LogP contribution in [0.4, 0.5) is 0 Å². The molecule has 0 aliphatic carbocycles. The topological polar surface area (TPSA) is 73.3 Å². The van der Waals surface area contributed by atoms with Crippen molar-refractivity contribution in [1.82, 2.24) is 0 Å². The van der Waals surface area contributed by atoms with Gasteiger partial charge in [0, 0.05) is 17.2 Å². The molecule has 1 aromatic carbocycles. The minimum absolute atomic E-state index is 0.0113. The molecule has 2 N–H and O–H groups in total. The van der Waals surface area contributed by atoms with E-state index in [4.69, 9.17) is 10.2 Å². The van der Waals surface area contributed by atoms with Crippen molar-refractivity contribution in [3.05, 3.63) is 47.9 Å². The summed E-state index contributed by atoms with van der Waals surface area (Å²) in [5.41, 5.74) is 6.05. The van der Waals surface area contributed by atoms with E-state index in [2.05, 4.69) is 0 Å². The van der Waals surface area contributed by atoms with E-state index >= 15 is 0 Å². The molecule has 0 amide bonds. The molecule has 2 unspecified atom stereocenters. The zero-order valence-electron chi connectivity index (χ0n) is 12.2. The number of thioether (sulfide) groups is 1. The van der Waals surface area contributed by atoms with Crippen molar-refractivity contribution < 1.29 is 12.8 Å². The van der Waals surface area contributed by atoms with Crippen LogP contribution in [0.5, 0.6) is 0 Å². The Labute approximate surface area is 129 Å². The number of rotatable bonds is 5. The van der Waals surface area contributed by atoms with Crippen LogP contribution in [0.1, 0.15) is 23.7 Å². The molecule has 0 spiro atoms. The largest absolute Gasteiger partial charge is 0.465 e. The van der Waals surface area contributed by atoms with Gasteiger partial charge in [-0.15, -0.1) is 11.8 Å². The Bertz CT molecular complexity index is 703. The predicted octanol–water partition coefficient (Wildman–Crippen LogP) is 3.17. The van der Waals surface area contributed by atoms with Crippen molar-refractivity contribution in [3.63, 3.8) is 0 Å². The lowest BCUT2D eigenvalue weighted by molar-refractivity contribution is 0.465. The molecule has 2 atom stereocenters. The quantitative estimate of drug-likeness (QED) is 0.855. The highest BCUT2D eigenvalue weighted by molar-refractivity contribution is 7.99. The zero-order chi connectivity index (χ0) is 15.6. The molecule has 0 radical (unpaired) electrons. The second-order valence-corrected chi connectivity index (χ2v) is 8.32. The van der Waals surface area contributed by atoms with Crippen LogP contribution in [-0.2, 0) is 9.84 Å². The van der Waals surface area contributed by atoms with E-state index < -0.39 is 9.84 Å². The second-order valence-electron chi connectivity index (χ2n) is 5.09. The molecule has 0 fully saturated rings. The average molecular weight is 325 g/mol. The molecule has 0 saturated carbocycles. The summed E-state index contributed by atoms with van der Waals surface area (Å²) in [7, 11) is -3.17. The van der Waals surface area contributed by atoms with Gasteiger partial charge in [0.25, 0.3) is 0 Å². The molecule has 1 heterocycles. The first-order valence-corrected chi connectivity index (χ1v) is 9.33. The number of aryl methyl sites for hydroxylation is 1. The highest BCUT2D eigenvalue weighted by Crippen LogP contribution is 2.38. The van der Waals surface area contributed by atoms with Crippen molar-refractivity contribution in [2.45, 2.75) is 34.9 Å². The zero-order valence-corrected chi connectivity index (χ0v) is 13.9. The van der Waals surface area contributed by atoms with E-state index in [1.807, 2.05) is 26.0 Å². The number of benzene rings is 1. The lowest BCUT2D eigenvalue weighted by Crippen LogP contribution is -2.22. The van der Waals surface area contributed by atoms with Crippen LogP contribution < -0.4 is 5.73 Å². The van der Waals surface area contributed by atoms with Gasteiger partial charge in [-0.25, -0.2) is 8.42 Å². The Morgan fingerprint density at radius 3 is 2.19 bits per heavy atom. The molecule has 0 saturated heterocycles. The van der Waals surface area contributed by atoms with E-state index in [1.54, 1.807) is 36.0 Å². The van der Waals surface area contributed by atoms with Crippen LogP contribution >= 0.6 is 11.8 Å². The molecule has 4 nitrogen and oxygen atoms in total. The van der Waals surface area contributed by atoms with Crippen LogP contribution in [-0.4, -0.2) is 20.7 Å². The lowest BCUT2D eigenvalue weighted by atomic mass is 10.2. The summed E-state index contributed by atoms with van der Waals surface area (Å²) in [6.45, 7) is 3.83. The van der Waals surface area contributed by atoms with Crippen molar-refractivity contribution in [2.75, 3.05) is 6.26 Å². The van der Waals surface area contributed by atoms with Crippen molar-refractivity contribution >= 4 is 21.6 Å². The van der Waals surface area contributed by atoms with Gasteiger partial charge < -0.3 is 10.2 Å². The molecule has 0 aliphatic rings. The fourth-order valence-corrected chi connectivity index (χ4v) is 3.62. The number of sulfone groups is 1. The summed E-state index contributed by atoms with van der Waals surface area (Å²) in [6, 6.07) is 10.6. The van der Waals surface area contributed by atoms with Crippen molar-refractivity contribution in [2.24, 2.45) is 5.73 Å². The monoisotopic (exact) mass is 325 g/mol. The minimum Gasteiger partial charge on any atom is -0.465 e. The van der Waals surface area contributed by atoms with Gasteiger partial charge in [0.05, 0.1) is 10.1 Å². The lowest BCUT2D eigenvalue weighted by Gasteiger charge is -2.18. The highest BCUT2D eigenvalue weighted by Gasteiger charge is 2.21. The first kappa shape index (κ1) is 16.1. The average Bonchev–Trinajstić information content (AvgIpc) is 2.81. The molecular formula is C15H19NO3S2. The normalized spacial score (nSPS) is 14.9. The summed E-state index contributed by atoms with van der Waals surface area (Å²) in [5, 5.41) is -0.0113. The summed E-state index contributed by atoms with van der Waals surface area (Å²) >= 11 is 1.57. The molecule has 6 heteroatoms. The number of nitrogens with two attached hydrogens (primary N) is 1. The maximum absolute atomic E-state index is 11.5. The van der Waals surface area contributed by atoms with E-state index in [9.17, 15) is 8.42 Å². The van der Waals surface area contributed by atoms with Crippen molar-refractivity contribution in [3.8, 4) is 0 Å². The molecule has 0 bridgehead atoms. The van der Waals surface area contributed by atoms with Gasteiger partial charge in [-0.05, 0) is 50.2 Å². The predicted molar refractivity (Wildman–Crippen MR) is 85.2 cm³/mol. The molecule has 1 aromatic heterocycles. The van der Waals surface area contributed by atoms with Gasteiger partial charge in [0.1, 0.15) is 11.5 Å². The molecular weight excluding hydrogens is 306 g/mol. The van der Waals surface area contributed by atoms with Gasteiger partial charge in [-0.2, -0.15) is 0 Å². The smallest absolute Gasteiger partial charge is 0.175 e. The van der Waals surface area contributed by atoms with Crippen molar-refractivity contribution in [1.29, 1.82) is 0 Å². The summed E-state index contributed by atoms with van der Waals surface area (Å²) < 4.78 is 28.6. The third-order valence-electron chi connectivity index (χ3n) is 3.03. The van der Waals surface area contributed by atoms with Crippen LogP contribution in [0.25, 0.3) is 0 Å². The summed E-state index contributed by atoms with van der Waals surface area (Å²) in [4.78, 5) is 1.27. The van der Waals surface area contributed by atoms with Gasteiger partial charge in [-0.1, -0.05) is 0 Å². The maximum atomic E-state index is 11.5. The minimum atomic E-state index is -3.17. The Morgan fingerprint density at radius 1 is 1.14 bits per heavy atom. The van der Waals surface area contributed by atoms with Crippen LogP contribution in [0.15, 0.2) is 50.6 Å². The summed E-state index contributed by atoms with van der Waals surface area (Å²) in [6.07, 6.45) is 1.20. The molecule has 0 aliphatic heterocycles. The van der Waals surface area contributed by atoms with Gasteiger partial charge in [0.15, 0.2) is 9.84 Å². The summed E-state index contributed by atoms with van der Waals surface area (Å²) in [5.74, 6) is 1.68. The standard InChI is InChI=1S/C15H19NO3S2/c1-10-4-9-14(19-10)15(11(2)16)20-12-5-7-13(8-6-12)21(3,17)18/h4-9,11,15H,16H2,1-3H3. The third kappa shape index (κ3) is 4.12. The fourth-order valence-electron chi connectivity index (χ4n) is 1.94. The molecule has 21 heavy (non-hydrogen) atoms. The number of hydrogen-bond donors (Lipinski definition) is 1. The van der Waals surface area contributed by atoms with Crippen LogP contribution in [0, 0.1) is 6.92 Å². The molecule has 2 aromatic rings. The highest BCUT2D eigenvalue weighted by atomic mass is 32.2. The van der Waals surface area contributed by atoms with Crippen LogP contribution in [0.2, 0.25) is 0 Å². The number of furan rings is 1. The molecule has 114 valence electrons. The molecule has 2 rings (SSSR count). The maximum Gasteiger partial charge on any atom is 0.175 e.